The molecule has 5 rings (SSSR count). The van der Waals surface area contributed by atoms with Crippen LogP contribution in [0.3, 0.4) is 0 Å². The van der Waals surface area contributed by atoms with Crippen molar-refractivity contribution in [2.24, 2.45) is 11.8 Å². The van der Waals surface area contributed by atoms with Gasteiger partial charge >= 0.3 is 0 Å². The molecule has 2 amide bonds. The largest absolute Gasteiger partial charge is 0.340 e. The maximum Gasteiger partial charge on any atom is 0.267 e. The van der Waals surface area contributed by atoms with Gasteiger partial charge in [0.25, 0.3) is 10.0 Å². The van der Waals surface area contributed by atoms with Crippen molar-refractivity contribution in [1.29, 1.82) is 0 Å². The van der Waals surface area contributed by atoms with Crippen LogP contribution < -0.4 is 0 Å². The van der Waals surface area contributed by atoms with E-state index in [0.29, 0.717) is 24.9 Å². The smallest absolute Gasteiger partial charge is 0.267 e. The fourth-order valence-corrected chi connectivity index (χ4v) is 7.26. The zero-order chi connectivity index (χ0) is 23.0. The quantitative estimate of drug-likeness (QED) is 0.675. The minimum atomic E-state index is -4.05. The van der Waals surface area contributed by atoms with Gasteiger partial charge in [-0.2, -0.15) is 0 Å². The van der Waals surface area contributed by atoms with E-state index in [1.54, 1.807) is 18.2 Å². The van der Waals surface area contributed by atoms with Crippen LogP contribution in [0.4, 0.5) is 0 Å². The number of sulfonamides is 1. The highest BCUT2D eigenvalue weighted by atomic mass is 32.2. The monoisotopic (exact) mass is 467 g/mol. The molecular weight excluding hydrogens is 438 g/mol. The Morgan fingerprint density at radius 1 is 0.879 bits per heavy atom. The molecule has 3 saturated heterocycles. The SMILES string of the molecule is O=C([C@@H]1CCC(=O)N1S(=O)(=O)c1ccccc1)N1CC2CC(CN(Cc3ccccc3)C2)C1. The fourth-order valence-electron chi connectivity index (χ4n) is 5.64. The van der Waals surface area contributed by atoms with Crippen LogP contribution in [-0.2, 0) is 26.2 Å². The first-order valence-electron chi connectivity index (χ1n) is 11.6. The van der Waals surface area contributed by atoms with Gasteiger partial charge in [-0.25, -0.2) is 12.7 Å². The van der Waals surface area contributed by atoms with E-state index in [1.165, 1.54) is 17.7 Å². The minimum absolute atomic E-state index is 0.0464. The number of piperidine rings is 2. The molecule has 0 aromatic heterocycles. The fraction of sp³-hybridized carbons (Fsp3) is 0.440. The number of benzene rings is 2. The highest BCUT2D eigenvalue weighted by Crippen LogP contribution is 2.33. The van der Waals surface area contributed by atoms with E-state index in [9.17, 15) is 18.0 Å². The van der Waals surface area contributed by atoms with Crippen molar-refractivity contribution in [2.75, 3.05) is 26.2 Å². The molecule has 0 radical (unpaired) electrons. The summed E-state index contributed by atoms with van der Waals surface area (Å²) in [5.41, 5.74) is 1.29. The van der Waals surface area contributed by atoms with Crippen molar-refractivity contribution >= 4 is 21.8 Å². The molecule has 3 atom stereocenters. The number of carbonyl (C=O) groups is 2. The summed E-state index contributed by atoms with van der Waals surface area (Å²) in [5.74, 6) is -0.00194. The molecule has 3 heterocycles. The summed E-state index contributed by atoms with van der Waals surface area (Å²) in [4.78, 5) is 30.4. The molecule has 174 valence electrons. The first-order valence-corrected chi connectivity index (χ1v) is 13.0. The second kappa shape index (κ2) is 8.91. The van der Waals surface area contributed by atoms with Crippen LogP contribution in [0.15, 0.2) is 65.6 Å². The number of likely N-dealkylation sites (tertiary alicyclic amines) is 2. The molecule has 2 aromatic rings. The van der Waals surface area contributed by atoms with E-state index >= 15 is 0 Å². The molecule has 0 N–H and O–H groups in total. The van der Waals surface area contributed by atoms with Crippen LogP contribution in [0.25, 0.3) is 0 Å². The standard InChI is InChI=1S/C25H29N3O4S/c29-24-12-11-23(28(24)33(31,32)22-9-5-2-6-10-22)25(30)27-17-20-13-21(18-27)16-26(15-20)14-19-7-3-1-4-8-19/h1-10,20-21,23H,11-18H2/t20?,21?,23-/m0/s1. The van der Waals surface area contributed by atoms with Crippen LogP contribution >= 0.6 is 0 Å². The second-order valence-electron chi connectivity index (χ2n) is 9.45. The van der Waals surface area contributed by atoms with Gasteiger partial charge in [-0.1, -0.05) is 48.5 Å². The Morgan fingerprint density at radius 2 is 1.48 bits per heavy atom. The van der Waals surface area contributed by atoms with E-state index in [-0.39, 0.29) is 23.6 Å². The minimum Gasteiger partial charge on any atom is -0.340 e. The Bertz CT molecular complexity index is 1110. The molecule has 3 aliphatic rings. The average molecular weight is 468 g/mol. The highest BCUT2D eigenvalue weighted by Gasteiger charge is 2.47. The van der Waals surface area contributed by atoms with Crippen molar-refractivity contribution in [3.05, 3.63) is 66.2 Å². The summed E-state index contributed by atoms with van der Waals surface area (Å²) in [5, 5.41) is 0. The third kappa shape index (κ3) is 4.42. The Hall–Kier alpha value is -2.71. The number of hydrogen-bond acceptors (Lipinski definition) is 5. The molecular formula is C25H29N3O4S. The van der Waals surface area contributed by atoms with E-state index in [4.69, 9.17) is 0 Å². The first-order chi connectivity index (χ1) is 15.9. The number of amides is 2. The second-order valence-corrected chi connectivity index (χ2v) is 11.3. The van der Waals surface area contributed by atoms with Crippen LogP contribution in [-0.4, -0.2) is 66.6 Å². The number of hydrogen-bond donors (Lipinski definition) is 0. The summed E-state index contributed by atoms with van der Waals surface area (Å²) in [7, 11) is -4.05. The summed E-state index contributed by atoms with van der Waals surface area (Å²) in [6, 6.07) is 17.4. The van der Waals surface area contributed by atoms with Gasteiger partial charge < -0.3 is 4.90 Å². The molecule has 2 aromatic carbocycles. The lowest BCUT2D eigenvalue weighted by Gasteiger charge is -2.46. The van der Waals surface area contributed by atoms with Crippen molar-refractivity contribution in [2.45, 2.75) is 36.7 Å². The number of fused-ring (bicyclic) bond motifs is 2. The third-order valence-electron chi connectivity index (χ3n) is 6.96. The molecule has 7 nitrogen and oxygen atoms in total. The van der Waals surface area contributed by atoms with Gasteiger partial charge in [-0.05, 0) is 42.4 Å². The van der Waals surface area contributed by atoms with Gasteiger partial charge in [0.2, 0.25) is 11.8 Å². The maximum atomic E-state index is 13.5. The Balaban J connectivity index is 1.29. The number of nitrogens with zero attached hydrogens (tertiary/aromatic N) is 3. The van der Waals surface area contributed by atoms with E-state index < -0.39 is 22.0 Å². The molecule has 0 saturated carbocycles. The summed E-state index contributed by atoms with van der Waals surface area (Å²) >= 11 is 0. The topological polar surface area (TPSA) is 78.0 Å². The van der Waals surface area contributed by atoms with Gasteiger partial charge in [-0.3, -0.25) is 14.5 Å². The molecule has 33 heavy (non-hydrogen) atoms. The lowest BCUT2D eigenvalue weighted by Crippen LogP contribution is -2.57. The first kappa shape index (κ1) is 22.1. The van der Waals surface area contributed by atoms with E-state index in [0.717, 1.165) is 30.4 Å². The van der Waals surface area contributed by atoms with E-state index in [1.807, 2.05) is 11.0 Å². The zero-order valence-electron chi connectivity index (χ0n) is 18.5. The highest BCUT2D eigenvalue weighted by molar-refractivity contribution is 7.89. The molecule has 3 fully saturated rings. The maximum absolute atomic E-state index is 13.5. The normalized spacial score (nSPS) is 25.9. The Kier molecular flexibility index (Phi) is 5.97. The molecule has 0 spiro atoms. The van der Waals surface area contributed by atoms with Crippen molar-refractivity contribution < 1.29 is 18.0 Å². The molecule has 2 bridgehead atoms. The predicted molar refractivity (Wildman–Crippen MR) is 123 cm³/mol. The third-order valence-corrected chi connectivity index (χ3v) is 8.81. The van der Waals surface area contributed by atoms with E-state index in [2.05, 4.69) is 29.2 Å². The van der Waals surface area contributed by atoms with Crippen molar-refractivity contribution in [3.63, 3.8) is 0 Å². The zero-order valence-corrected chi connectivity index (χ0v) is 19.4. The van der Waals surface area contributed by atoms with Gasteiger partial charge in [0.15, 0.2) is 0 Å². The Morgan fingerprint density at radius 3 is 2.12 bits per heavy atom. The predicted octanol–water partition coefficient (Wildman–Crippen LogP) is 2.35. The molecule has 3 aliphatic heterocycles. The van der Waals surface area contributed by atoms with Crippen LogP contribution in [0.5, 0.6) is 0 Å². The van der Waals surface area contributed by atoms with Crippen LogP contribution in [0.2, 0.25) is 0 Å². The van der Waals surface area contributed by atoms with Gasteiger partial charge in [0.1, 0.15) is 6.04 Å². The molecule has 2 unspecified atom stereocenters. The molecule has 0 aliphatic carbocycles. The average Bonchev–Trinajstić information content (AvgIpc) is 3.21. The molecule has 8 heteroatoms. The summed E-state index contributed by atoms with van der Waals surface area (Å²) < 4.78 is 27.2. The lowest BCUT2D eigenvalue weighted by molar-refractivity contribution is -0.141. The number of rotatable bonds is 5. The van der Waals surface area contributed by atoms with Crippen molar-refractivity contribution in [3.8, 4) is 0 Å². The summed E-state index contributed by atoms with van der Waals surface area (Å²) in [6.07, 6.45) is 1.41. The van der Waals surface area contributed by atoms with Gasteiger partial charge in [0.05, 0.1) is 4.90 Å². The Labute approximate surface area is 195 Å². The van der Waals surface area contributed by atoms with Crippen molar-refractivity contribution in [1.82, 2.24) is 14.1 Å². The lowest BCUT2D eigenvalue weighted by atomic mass is 9.84. The van der Waals surface area contributed by atoms with Gasteiger partial charge in [0, 0.05) is 39.1 Å². The van der Waals surface area contributed by atoms with Gasteiger partial charge in [-0.15, -0.1) is 0 Å². The van der Waals surface area contributed by atoms with Crippen LogP contribution in [0, 0.1) is 11.8 Å². The van der Waals surface area contributed by atoms with Crippen LogP contribution in [0.1, 0.15) is 24.8 Å². The summed E-state index contributed by atoms with van der Waals surface area (Å²) in [6.45, 7) is 3.98. The number of carbonyl (C=O) groups excluding carboxylic acids is 2.